The lowest BCUT2D eigenvalue weighted by Crippen LogP contribution is -2.00. The molecule has 0 aliphatic heterocycles. The zero-order valence-corrected chi connectivity index (χ0v) is 12.8. The van der Waals surface area contributed by atoms with Crippen molar-refractivity contribution in [1.82, 2.24) is 9.55 Å². The summed E-state index contributed by atoms with van der Waals surface area (Å²) in [6, 6.07) is 6.07. The minimum absolute atomic E-state index is 0.719. The summed E-state index contributed by atoms with van der Waals surface area (Å²) in [6.07, 6.45) is 5.43. The van der Waals surface area contributed by atoms with Gasteiger partial charge in [0.15, 0.2) is 0 Å². The fourth-order valence-corrected chi connectivity index (χ4v) is 3.16. The van der Waals surface area contributed by atoms with Gasteiger partial charge in [-0.3, -0.25) is 0 Å². The number of hydrogen-bond acceptors (Lipinski definition) is 3. The molecular formula is C15H16ClN3S. The number of benzene rings is 1. The zero-order valence-electron chi connectivity index (χ0n) is 11.3. The maximum atomic E-state index is 6.28. The van der Waals surface area contributed by atoms with E-state index < -0.39 is 0 Å². The number of hydrogen-bond donors (Lipinski definition) is 1. The molecule has 0 bridgehead atoms. The van der Waals surface area contributed by atoms with Gasteiger partial charge < -0.3 is 9.88 Å². The van der Waals surface area contributed by atoms with Crippen molar-refractivity contribution in [3.8, 4) is 0 Å². The molecule has 0 fully saturated rings. The maximum absolute atomic E-state index is 6.28. The molecule has 0 spiro atoms. The number of nitrogens with one attached hydrogen (secondary N) is 1. The zero-order chi connectivity index (χ0) is 13.9. The van der Waals surface area contributed by atoms with Gasteiger partial charge in [0.1, 0.15) is 5.52 Å². The number of aromatic nitrogens is 2. The largest absolute Gasteiger partial charge is 0.378 e. The van der Waals surface area contributed by atoms with Crippen molar-refractivity contribution in [2.45, 2.75) is 26.4 Å². The Bertz CT molecular complexity index is 717. The number of thiazole rings is 1. The van der Waals surface area contributed by atoms with E-state index in [1.807, 2.05) is 17.6 Å². The minimum atomic E-state index is 0.719. The normalized spacial score (nSPS) is 11.1. The molecule has 0 saturated heterocycles. The highest BCUT2D eigenvalue weighted by atomic mass is 35.5. The van der Waals surface area contributed by atoms with Crippen molar-refractivity contribution in [2.75, 3.05) is 5.32 Å². The molecule has 3 nitrogen and oxygen atoms in total. The highest BCUT2D eigenvalue weighted by molar-refractivity contribution is 7.16. The van der Waals surface area contributed by atoms with Crippen LogP contribution in [0.3, 0.4) is 0 Å². The molecule has 0 aliphatic carbocycles. The van der Waals surface area contributed by atoms with Gasteiger partial charge in [-0.05, 0) is 30.2 Å². The fraction of sp³-hybridized carbons (Fsp3) is 0.267. The third kappa shape index (κ3) is 2.67. The van der Waals surface area contributed by atoms with E-state index in [1.54, 1.807) is 11.3 Å². The Balaban J connectivity index is 1.79. The van der Waals surface area contributed by atoms with Crippen molar-refractivity contribution < 1.29 is 0 Å². The Morgan fingerprint density at radius 2 is 2.25 bits per heavy atom. The van der Waals surface area contributed by atoms with E-state index in [2.05, 4.69) is 40.3 Å². The Morgan fingerprint density at radius 1 is 1.35 bits per heavy atom. The number of halogens is 1. The molecule has 0 atom stereocenters. The van der Waals surface area contributed by atoms with Gasteiger partial charge in [-0.25, -0.2) is 4.98 Å². The van der Waals surface area contributed by atoms with Crippen LogP contribution < -0.4 is 5.32 Å². The Morgan fingerprint density at radius 3 is 3.10 bits per heavy atom. The molecule has 1 N–H and O–H groups in total. The van der Waals surface area contributed by atoms with Gasteiger partial charge >= 0.3 is 0 Å². The average molecular weight is 306 g/mol. The van der Waals surface area contributed by atoms with Crippen LogP contribution in [0.2, 0.25) is 5.02 Å². The summed E-state index contributed by atoms with van der Waals surface area (Å²) in [4.78, 5) is 4.39. The van der Waals surface area contributed by atoms with Crippen LogP contribution in [0, 0.1) is 0 Å². The summed E-state index contributed by atoms with van der Waals surface area (Å²) in [5.41, 5.74) is 4.98. The third-order valence-corrected chi connectivity index (χ3v) is 4.32. The Hall–Kier alpha value is -1.52. The number of anilines is 1. The quantitative estimate of drug-likeness (QED) is 0.735. The first kappa shape index (κ1) is 13.5. The molecule has 1 aromatic carbocycles. The molecule has 0 aliphatic rings. The van der Waals surface area contributed by atoms with Crippen molar-refractivity contribution >= 4 is 38.8 Å². The number of fused-ring (bicyclic) bond motifs is 1. The molecule has 104 valence electrons. The molecule has 5 heteroatoms. The van der Waals surface area contributed by atoms with Gasteiger partial charge in [0, 0.05) is 25.5 Å². The second kappa shape index (κ2) is 5.85. The first-order chi connectivity index (χ1) is 9.78. The van der Waals surface area contributed by atoms with Gasteiger partial charge in [0.05, 0.1) is 20.9 Å². The molecule has 0 amide bonds. The maximum Gasteiger partial charge on any atom is 0.106 e. The predicted octanol–water partition coefficient (Wildman–Crippen LogP) is 4.77. The molecule has 0 unspecified atom stereocenters. The van der Waals surface area contributed by atoms with Crippen molar-refractivity contribution in [2.24, 2.45) is 0 Å². The van der Waals surface area contributed by atoms with Crippen molar-refractivity contribution in [3.05, 3.63) is 46.7 Å². The van der Waals surface area contributed by atoms with Gasteiger partial charge in [-0.15, -0.1) is 11.3 Å². The van der Waals surface area contributed by atoms with Crippen LogP contribution in [-0.2, 0) is 13.1 Å². The third-order valence-electron chi connectivity index (χ3n) is 3.21. The molecule has 20 heavy (non-hydrogen) atoms. The standard InChI is InChI=1S/C15H16ClN3S/c1-2-6-19-7-5-11(9-19)8-17-14-12(16)3-4-13-15(14)18-10-20-13/h3-5,7,9-10,17H,2,6,8H2,1H3. The molecule has 0 radical (unpaired) electrons. The summed E-state index contributed by atoms with van der Waals surface area (Å²) >= 11 is 7.91. The number of aryl methyl sites for hydroxylation is 1. The molecule has 0 saturated carbocycles. The van der Waals surface area contributed by atoms with E-state index in [0.29, 0.717) is 0 Å². The predicted molar refractivity (Wildman–Crippen MR) is 86.7 cm³/mol. The van der Waals surface area contributed by atoms with Crippen molar-refractivity contribution in [1.29, 1.82) is 0 Å². The van der Waals surface area contributed by atoms with E-state index in [9.17, 15) is 0 Å². The van der Waals surface area contributed by atoms with Crippen LogP contribution in [0.4, 0.5) is 5.69 Å². The van der Waals surface area contributed by atoms with E-state index in [1.165, 1.54) is 5.56 Å². The topological polar surface area (TPSA) is 29.9 Å². The lowest BCUT2D eigenvalue weighted by Gasteiger charge is -2.08. The van der Waals surface area contributed by atoms with E-state index in [4.69, 9.17) is 11.6 Å². The Kier molecular flexibility index (Phi) is 3.94. The summed E-state index contributed by atoms with van der Waals surface area (Å²) < 4.78 is 3.36. The van der Waals surface area contributed by atoms with Crippen LogP contribution in [0.1, 0.15) is 18.9 Å². The van der Waals surface area contributed by atoms with Crippen LogP contribution in [0.5, 0.6) is 0 Å². The average Bonchev–Trinajstić information content (AvgIpc) is 3.07. The van der Waals surface area contributed by atoms with E-state index in [0.717, 1.165) is 40.4 Å². The monoisotopic (exact) mass is 305 g/mol. The second-order valence-electron chi connectivity index (χ2n) is 4.73. The molecular weight excluding hydrogens is 290 g/mol. The van der Waals surface area contributed by atoms with Gasteiger partial charge in [0.2, 0.25) is 0 Å². The van der Waals surface area contributed by atoms with E-state index >= 15 is 0 Å². The molecule has 2 aromatic heterocycles. The highest BCUT2D eigenvalue weighted by Gasteiger charge is 2.08. The number of rotatable bonds is 5. The van der Waals surface area contributed by atoms with Crippen molar-refractivity contribution in [3.63, 3.8) is 0 Å². The first-order valence-electron chi connectivity index (χ1n) is 6.68. The lowest BCUT2D eigenvalue weighted by molar-refractivity contribution is 0.682. The summed E-state index contributed by atoms with van der Waals surface area (Å²) in [7, 11) is 0. The van der Waals surface area contributed by atoms with Crippen LogP contribution >= 0.6 is 22.9 Å². The second-order valence-corrected chi connectivity index (χ2v) is 6.03. The van der Waals surface area contributed by atoms with Gasteiger partial charge in [-0.2, -0.15) is 0 Å². The van der Waals surface area contributed by atoms with Gasteiger partial charge in [-0.1, -0.05) is 18.5 Å². The van der Waals surface area contributed by atoms with Crippen LogP contribution in [0.25, 0.3) is 10.2 Å². The fourth-order valence-electron chi connectivity index (χ4n) is 2.26. The van der Waals surface area contributed by atoms with Gasteiger partial charge in [0.25, 0.3) is 0 Å². The minimum Gasteiger partial charge on any atom is -0.378 e. The molecule has 3 rings (SSSR count). The summed E-state index contributed by atoms with van der Waals surface area (Å²) in [5.74, 6) is 0. The lowest BCUT2D eigenvalue weighted by atomic mass is 10.2. The number of nitrogens with zero attached hydrogens (tertiary/aromatic N) is 2. The molecule has 3 aromatic rings. The van der Waals surface area contributed by atoms with E-state index in [-0.39, 0.29) is 0 Å². The SMILES string of the molecule is CCCn1ccc(CNc2c(Cl)ccc3scnc23)c1. The highest BCUT2D eigenvalue weighted by Crippen LogP contribution is 2.32. The summed E-state index contributed by atoms with van der Waals surface area (Å²) in [5, 5.41) is 4.13. The summed E-state index contributed by atoms with van der Waals surface area (Å²) in [6.45, 7) is 4.00. The van der Waals surface area contributed by atoms with Crippen LogP contribution in [0.15, 0.2) is 36.1 Å². The molecule has 2 heterocycles. The smallest absolute Gasteiger partial charge is 0.106 e. The Labute approximate surface area is 127 Å². The van der Waals surface area contributed by atoms with Crippen LogP contribution in [-0.4, -0.2) is 9.55 Å². The first-order valence-corrected chi connectivity index (χ1v) is 7.94.